The molecule has 0 aliphatic heterocycles. The number of ether oxygens (including phenoxy) is 1. The second kappa shape index (κ2) is 5.53. The van der Waals surface area contributed by atoms with Crippen molar-refractivity contribution in [2.75, 3.05) is 0 Å². The first-order chi connectivity index (χ1) is 7.78. The normalized spacial score (nSPS) is 11.2. The highest BCUT2D eigenvalue weighted by atomic mass is 79.9. The number of halogens is 4. The Morgan fingerprint density at radius 1 is 1.35 bits per heavy atom. The zero-order valence-electron chi connectivity index (χ0n) is 9.31. The molecule has 6 heteroatoms. The molecule has 0 atom stereocenters. The van der Waals surface area contributed by atoms with Crippen LogP contribution in [0.4, 0.5) is 13.2 Å². The third-order valence-corrected chi connectivity index (χ3v) is 2.31. The highest BCUT2D eigenvalue weighted by molar-refractivity contribution is 9.10. The summed E-state index contributed by atoms with van der Waals surface area (Å²) in [5.41, 5.74) is 1.19. The standard InChI is InChI=1S/C11H11BrF3NO/c1-7(2)16-6-8-3-4-9(12)5-10(8)17-11(13,14)15/h3-5H,6H2,1-2H3. The molecule has 17 heavy (non-hydrogen) atoms. The maximum atomic E-state index is 12.2. The van der Waals surface area contributed by atoms with E-state index < -0.39 is 6.36 Å². The molecule has 0 unspecified atom stereocenters. The van der Waals surface area contributed by atoms with Crippen LogP contribution >= 0.6 is 15.9 Å². The van der Waals surface area contributed by atoms with Gasteiger partial charge < -0.3 is 4.74 Å². The minimum Gasteiger partial charge on any atom is -0.405 e. The average Bonchev–Trinajstić information content (AvgIpc) is 2.13. The summed E-state index contributed by atoms with van der Waals surface area (Å²) in [4.78, 5) is 4.07. The zero-order chi connectivity index (χ0) is 13.1. The lowest BCUT2D eigenvalue weighted by Crippen LogP contribution is -2.18. The maximum absolute atomic E-state index is 12.2. The molecule has 0 bridgehead atoms. The quantitative estimate of drug-likeness (QED) is 0.762. The van der Waals surface area contributed by atoms with Crippen molar-refractivity contribution in [1.29, 1.82) is 0 Å². The van der Waals surface area contributed by atoms with Crippen molar-refractivity contribution in [3.05, 3.63) is 28.2 Å². The van der Waals surface area contributed by atoms with Crippen LogP contribution in [-0.2, 0) is 6.54 Å². The second-order valence-electron chi connectivity index (χ2n) is 3.56. The van der Waals surface area contributed by atoms with E-state index in [1.165, 1.54) is 6.07 Å². The molecule has 1 aromatic carbocycles. The summed E-state index contributed by atoms with van der Waals surface area (Å²) < 4.78 is 41.0. The molecule has 0 saturated heterocycles. The van der Waals surface area contributed by atoms with Crippen molar-refractivity contribution in [3.8, 4) is 5.75 Å². The third kappa shape index (κ3) is 5.21. The minimum absolute atomic E-state index is 0.168. The number of hydrogen-bond acceptors (Lipinski definition) is 2. The molecule has 0 N–H and O–H groups in total. The Labute approximate surface area is 106 Å². The largest absolute Gasteiger partial charge is 0.573 e. The topological polar surface area (TPSA) is 21.6 Å². The van der Waals surface area contributed by atoms with Gasteiger partial charge in [-0.05, 0) is 26.0 Å². The van der Waals surface area contributed by atoms with Gasteiger partial charge in [-0.2, -0.15) is 0 Å². The Morgan fingerprint density at radius 3 is 2.53 bits per heavy atom. The predicted molar refractivity (Wildman–Crippen MR) is 63.3 cm³/mol. The van der Waals surface area contributed by atoms with Gasteiger partial charge in [0.15, 0.2) is 0 Å². The number of nitrogens with zero attached hydrogens (tertiary/aromatic N) is 1. The lowest BCUT2D eigenvalue weighted by Gasteiger charge is -2.12. The van der Waals surface area contributed by atoms with Gasteiger partial charge in [0.1, 0.15) is 5.75 Å². The van der Waals surface area contributed by atoms with Crippen molar-refractivity contribution in [2.24, 2.45) is 4.99 Å². The third-order valence-electron chi connectivity index (χ3n) is 1.82. The summed E-state index contributed by atoms with van der Waals surface area (Å²) in [6.07, 6.45) is -4.69. The number of benzene rings is 1. The van der Waals surface area contributed by atoms with E-state index in [1.54, 1.807) is 26.0 Å². The highest BCUT2D eigenvalue weighted by Crippen LogP contribution is 2.29. The fraction of sp³-hybridized carbons (Fsp3) is 0.364. The SMILES string of the molecule is CC(C)=NCc1ccc(Br)cc1OC(F)(F)F. The Hall–Kier alpha value is -1.04. The van der Waals surface area contributed by atoms with Crippen molar-refractivity contribution in [2.45, 2.75) is 26.8 Å². The zero-order valence-corrected chi connectivity index (χ0v) is 10.9. The van der Waals surface area contributed by atoms with Gasteiger partial charge in [0.05, 0.1) is 6.54 Å². The van der Waals surface area contributed by atoms with Crippen LogP contribution in [0.2, 0.25) is 0 Å². The van der Waals surface area contributed by atoms with E-state index in [9.17, 15) is 13.2 Å². The molecule has 0 spiro atoms. The predicted octanol–water partition coefficient (Wildman–Crippen LogP) is 4.33. The molecule has 94 valence electrons. The lowest BCUT2D eigenvalue weighted by molar-refractivity contribution is -0.274. The van der Waals surface area contributed by atoms with Crippen LogP contribution in [0.15, 0.2) is 27.7 Å². The van der Waals surface area contributed by atoms with Crippen LogP contribution in [0, 0.1) is 0 Å². The van der Waals surface area contributed by atoms with Crippen LogP contribution in [-0.4, -0.2) is 12.1 Å². The Kier molecular flexibility index (Phi) is 4.56. The van der Waals surface area contributed by atoms with E-state index in [0.29, 0.717) is 10.0 Å². The van der Waals surface area contributed by atoms with E-state index in [4.69, 9.17) is 0 Å². The van der Waals surface area contributed by atoms with Crippen LogP contribution < -0.4 is 4.74 Å². The molecule has 1 rings (SSSR count). The van der Waals surface area contributed by atoms with Crippen molar-refractivity contribution in [1.82, 2.24) is 0 Å². The average molecular weight is 310 g/mol. The fourth-order valence-corrected chi connectivity index (χ4v) is 1.46. The van der Waals surface area contributed by atoms with Crippen LogP contribution in [0.3, 0.4) is 0 Å². The molecule has 0 heterocycles. The molecule has 0 radical (unpaired) electrons. The molecule has 0 aliphatic rings. The van der Waals surface area contributed by atoms with Gasteiger partial charge in [-0.1, -0.05) is 22.0 Å². The molecule has 0 amide bonds. The Morgan fingerprint density at radius 2 is 2.00 bits per heavy atom. The molecule has 0 aliphatic carbocycles. The van der Waals surface area contributed by atoms with Crippen LogP contribution in [0.1, 0.15) is 19.4 Å². The maximum Gasteiger partial charge on any atom is 0.573 e. The van der Waals surface area contributed by atoms with Crippen molar-refractivity contribution < 1.29 is 17.9 Å². The lowest BCUT2D eigenvalue weighted by atomic mass is 10.2. The summed E-state index contributed by atoms with van der Waals surface area (Å²) >= 11 is 3.10. The highest BCUT2D eigenvalue weighted by Gasteiger charge is 2.32. The van der Waals surface area contributed by atoms with Gasteiger partial charge in [0, 0.05) is 15.7 Å². The Bertz CT molecular complexity index is 425. The summed E-state index contributed by atoms with van der Waals surface area (Å²) in [6, 6.07) is 4.49. The van der Waals surface area contributed by atoms with E-state index in [1.807, 2.05) is 0 Å². The molecule has 2 nitrogen and oxygen atoms in total. The van der Waals surface area contributed by atoms with Crippen molar-refractivity contribution in [3.63, 3.8) is 0 Å². The molecule has 0 saturated carbocycles. The van der Waals surface area contributed by atoms with Gasteiger partial charge in [0.2, 0.25) is 0 Å². The Balaban J connectivity index is 2.99. The summed E-state index contributed by atoms with van der Waals surface area (Å²) in [7, 11) is 0. The van der Waals surface area contributed by atoms with Crippen LogP contribution in [0.5, 0.6) is 5.75 Å². The molecular formula is C11H11BrF3NO. The fourth-order valence-electron chi connectivity index (χ4n) is 1.12. The van der Waals surface area contributed by atoms with Crippen LogP contribution in [0.25, 0.3) is 0 Å². The number of aliphatic imine (C=N–C) groups is 1. The van der Waals surface area contributed by atoms with Gasteiger partial charge in [-0.15, -0.1) is 13.2 Å². The van der Waals surface area contributed by atoms with Gasteiger partial charge in [0.25, 0.3) is 0 Å². The summed E-state index contributed by atoms with van der Waals surface area (Å²) in [5, 5.41) is 0. The van der Waals surface area contributed by atoms with E-state index in [0.717, 1.165) is 5.71 Å². The first kappa shape index (κ1) is 14.0. The molecule has 1 aromatic rings. The second-order valence-corrected chi connectivity index (χ2v) is 4.48. The van der Waals surface area contributed by atoms with E-state index in [2.05, 4.69) is 25.7 Å². The van der Waals surface area contributed by atoms with Gasteiger partial charge in [-0.3, -0.25) is 4.99 Å². The first-order valence-electron chi connectivity index (χ1n) is 4.80. The minimum atomic E-state index is -4.69. The first-order valence-corrected chi connectivity index (χ1v) is 5.59. The summed E-state index contributed by atoms with van der Waals surface area (Å²) in [6.45, 7) is 3.73. The van der Waals surface area contributed by atoms with Crippen molar-refractivity contribution >= 4 is 21.6 Å². The van der Waals surface area contributed by atoms with E-state index in [-0.39, 0.29) is 12.3 Å². The smallest absolute Gasteiger partial charge is 0.405 e. The van der Waals surface area contributed by atoms with Gasteiger partial charge >= 0.3 is 6.36 Å². The molecule has 0 aromatic heterocycles. The number of alkyl halides is 3. The molecule has 0 fully saturated rings. The number of rotatable bonds is 3. The number of hydrogen-bond donors (Lipinski definition) is 0. The van der Waals surface area contributed by atoms with E-state index >= 15 is 0 Å². The van der Waals surface area contributed by atoms with Gasteiger partial charge in [-0.25, -0.2) is 0 Å². The summed E-state index contributed by atoms with van der Waals surface area (Å²) in [5.74, 6) is -0.225. The monoisotopic (exact) mass is 309 g/mol. The molecular weight excluding hydrogens is 299 g/mol.